The summed E-state index contributed by atoms with van der Waals surface area (Å²) in [5.74, 6) is 0.719. The standard InChI is InChI=1S/C24H30BrClN2O2S/c1-3-4-14-27-24(30)18(2)28(17-19-7-5-8-20(25)16-19)23(29)9-6-15-31-22-12-10-21(26)11-13-22/h5,7-8,10-13,16,18H,3-4,6,9,14-15,17H2,1-2H3,(H,27,30)/t18-/m1/s1. The van der Waals surface area contributed by atoms with Crippen LogP contribution in [0.3, 0.4) is 0 Å². The molecule has 0 saturated heterocycles. The number of nitrogens with one attached hydrogen (secondary N) is 1. The van der Waals surface area contributed by atoms with Crippen molar-refractivity contribution in [2.45, 2.75) is 57.0 Å². The molecule has 2 aromatic carbocycles. The average Bonchev–Trinajstić information content (AvgIpc) is 2.76. The molecule has 0 unspecified atom stereocenters. The predicted molar refractivity (Wildman–Crippen MR) is 133 cm³/mol. The zero-order chi connectivity index (χ0) is 22.6. The number of benzene rings is 2. The predicted octanol–water partition coefficient (Wildman–Crippen LogP) is 6.31. The third-order valence-corrected chi connectivity index (χ3v) is 6.70. The van der Waals surface area contributed by atoms with Gasteiger partial charge in [0.2, 0.25) is 11.8 Å². The number of carbonyl (C=O) groups excluding carboxylic acids is 2. The third kappa shape index (κ3) is 9.26. The van der Waals surface area contributed by atoms with Crippen LogP contribution in [0, 0.1) is 0 Å². The molecule has 0 spiro atoms. The van der Waals surface area contributed by atoms with Gasteiger partial charge in [-0.2, -0.15) is 0 Å². The Morgan fingerprint density at radius 2 is 1.90 bits per heavy atom. The minimum Gasteiger partial charge on any atom is -0.354 e. The lowest BCUT2D eigenvalue weighted by Gasteiger charge is -2.29. The molecule has 168 valence electrons. The van der Waals surface area contributed by atoms with Crippen LogP contribution in [0.15, 0.2) is 57.9 Å². The van der Waals surface area contributed by atoms with E-state index in [1.54, 1.807) is 23.6 Å². The van der Waals surface area contributed by atoms with Gasteiger partial charge >= 0.3 is 0 Å². The zero-order valence-corrected chi connectivity index (χ0v) is 21.2. The highest BCUT2D eigenvalue weighted by atomic mass is 79.9. The van der Waals surface area contributed by atoms with Gasteiger partial charge in [0.1, 0.15) is 6.04 Å². The molecule has 7 heteroatoms. The second-order valence-electron chi connectivity index (χ2n) is 7.38. The van der Waals surface area contributed by atoms with Gasteiger partial charge in [0.15, 0.2) is 0 Å². The van der Waals surface area contributed by atoms with Gasteiger partial charge in [-0.25, -0.2) is 0 Å². The van der Waals surface area contributed by atoms with Crippen LogP contribution >= 0.6 is 39.3 Å². The van der Waals surface area contributed by atoms with Gasteiger partial charge in [-0.1, -0.05) is 53.0 Å². The lowest BCUT2D eigenvalue weighted by molar-refractivity contribution is -0.140. The van der Waals surface area contributed by atoms with Crippen LogP contribution in [0.2, 0.25) is 5.02 Å². The van der Waals surface area contributed by atoms with Gasteiger partial charge in [-0.3, -0.25) is 9.59 Å². The topological polar surface area (TPSA) is 49.4 Å². The maximum atomic E-state index is 13.1. The van der Waals surface area contributed by atoms with Gasteiger partial charge in [-0.05, 0) is 67.5 Å². The fourth-order valence-electron chi connectivity index (χ4n) is 3.04. The van der Waals surface area contributed by atoms with E-state index in [-0.39, 0.29) is 11.8 Å². The van der Waals surface area contributed by atoms with Crippen LogP contribution in [0.25, 0.3) is 0 Å². The molecule has 0 aliphatic carbocycles. The van der Waals surface area contributed by atoms with E-state index in [1.807, 2.05) is 48.5 Å². The second-order valence-corrected chi connectivity index (χ2v) is 9.90. The van der Waals surface area contributed by atoms with Crippen LogP contribution in [-0.4, -0.2) is 35.1 Å². The van der Waals surface area contributed by atoms with E-state index in [2.05, 4.69) is 28.2 Å². The van der Waals surface area contributed by atoms with Crippen molar-refractivity contribution in [1.82, 2.24) is 10.2 Å². The Balaban J connectivity index is 1.97. The molecule has 31 heavy (non-hydrogen) atoms. The zero-order valence-electron chi connectivity index (χ0n) is 18.1. The first kappa shape index (κ1) is 25.8. The molecule has 2 amide bonds. The van der Waals surface area contributed by atoms with Crippen molar-refractivity contribution in [3.63, 3.8) is 0 Å². The van der Waals surface area contributed by atoms with E-state index >= 15 is 0 Å². The number of halogens is 2. The molecular formula is C24H30BrClN2O2S. The lowest BCUT2D eigenvalue weighted by Crippen LogP contribution is -2.47. The summed E-state index contributed by atoms with van der Waals surface area (Å²) in [6.45, 7) is 4.93. The number of amides is 2. The summed E-state index contributed by atoms with van der Waals surface area (Å²) in [4.78, 5) is 28.5. The second kappa shape index (κ2) is 13.8. The van der Waals surface area contributed by atoms with Crippen molar-refractivity contribution >= 4 is 51.1 Å². The summed E-state index contributed by atoms with van der Waals surface area (Å²) >= 11 is 11.1. The Morgan fingerprint density at radius 1 is 1.16 bits per heavy atom. The molecule has 0 radical (unpaired) electrons. The maximum absolute atomic E-state index is 13.1. The van der Waals surface area contributed by atoms with Crippen molar-refractivity contribution in [1.29, 1.82) is 0 Å². The van der Waals surface area contributed by atoms with Gasteiger partial charge in [-0.15, -0.1) is 11.8 Å². The summed E-state index contributed by atoms with van der Waals surface area (Å²) < 4.78 is 0.955. The first-order valence-corrected chi connectivity index (χ1v) is 12.8. The molecule has 1 N–H and O–H groups in total. The molecule has 0 bridgehead atoms. The Kier molecular flexibility index (Phi) is 11.5. The quantitative estimate of drug-likeness (QED) is 0.261. The Bertz CT molecular complexity index is 848. The van der Waals surface area contributed by atoms with E-state index < -0.39 is 6.04 Å². The lowest BCUT2D eigenvalue weighted by atomic mass is 10.1. The smallest absolute Gasteiger partial charge is 0.242 e. The number of rotatable bonds is 12. The normalized spacial score (nSPS) is 11.7. The average molecular weight is 526 g/mol. The van der Waals surface area contributed by atoms with Gasteiger partial charge in [0, 0.05) is 33.9 Å². The molecule has 0 fully saturated rings. The minimum atomic E-state index is -0.521. The van der Waals surface area contributed by atoms with Crippen molar-refractivity contribution in [2.24, 2.45) is 0 Å². The van der Waals surface area contributed by atoms with E-state index in [1.165, 1.54) is 0 Å². The fourth-order valence-corrected chi connectivity index (χ4v) is 4.46. The van der Waals surface area contributed by atoms with Crippen molar-refractivity contribution < 1.29 is 9.59 Å². The van der Waals surface area contributed by atoms with Crippen LogP contribution < -0.4 is 5.32 Å². The summed E-state index contributed by atoms with van der Waals surface area (Å²) in [6.07, 6.45) is 3.09. The Labute approximate surface area is 203 Å². The van der Waals surface area contributed by atoms with Crippen LogP contribution in [-0.2, 0) is 16.1 Å². The summed E-state index contributed by atoms with van der Waals surface area (Å²) in [5, 5.41) is 3.67. The van der Waals surface area contributed by atoms with E-state index in [0.717, 1.165) is 39.9 Å². The molecule has 0 saturated carbocycles. The molecular weight excluding hydrogens is 496 g/mol. The SMILES string of the molecule is CCCCNC(=O)[C@@H](C)N(Cc1cccc(Br)c1)C(=O)CCCSc1ccc(Cl)cc1. The molecule has 4 nitrogen and oxygen atoms in total. The molecule has 2 aromatic rings. The summed E-state index contributed by atoms with van der Waals surface area (Å²) in [7, 11) is 0. The first-order valence-electron chi connectivity index (χ1n) is 10.6. The Morgan fingerprint density at radius 3 is 2.58 bits per heavy atom. The van der Waals surface area contributed by atoms with Crippen LogP contribution in [0.5, 0.6) is 0 Å². The molecule has 1 atom stereocenters. The fraction of sp³-hybridized carbons (Fsp3) is 0.417. The monoisotopic (exact) mass is 524 g/mol. The number of nitrogens with zero attached hydrogens (tertiary/aromatic N) is 1. The number of thioether (sulfide) groups is 1. The maximum Gasteiger partial charge on any atom is 0.242 e. The number of hydrogen-bond acceptors (Lipinski definition) is 3. The highest BCUT2D eigenvalue weighted by Gasteiger charge is 2.25. The van der Waals surface area contributed by atoms with Gasteiger partial charge in [0.25, 0.3) is 0 Å². The molecule has 0 heterocycles. The highest BCUT2D eigenvalue weighted by Crippen LogP contribution is 2.22. The van der Waals surface area contributed by atoms with E-state index in [0.29, 0.717) is 24.5 Å². The molecule has 2 rings (SSSR count). The van der Waals surface area contributed by atoms with Gasteiger partial charge in [0.05, 0.1) is 0 Å². The van der Waals surface area contributed by atoms with Crippen molar-refractivity contribution in [3.05, 3.63) is 63.6 Å². The largest absolute Gasteiger partial charge is 0.354 e. The minimum absolute atomic E-state index is 0.00479. The molecule has 0 aliphatic rings. The summed E-state index contributed by atoms with van der Waals surface area (Å²) in [5.41, 5.74) is 0.992. The summed E-state index contributed by atoms with van der Waals surface area (Å²) in [6, 6.07) is 15.0. The van der Waals surface area contributed by atoms with E-state index in [4.69, 9.17) is 11.6 Å². The van der Waals surface area contributed by atoms with Crippen molar-refractivity contribution in [3.8, 4) is 0 Å². The highest BCUT2D eigenvalue weighted by molar-refractivity contribution is 9.10. The first-order chi connectivity index (χ1) is 14.9. The van der Waals surface area contributed by atoms with E-state index in [9.17, 15) is 9.59 Å². The van der Waals surface area contributed by atoms with Crippen LogP contribution in [0.4, 0.5) is 0 Å². The molecule has 0 aliphatic heterocycles. The van der Waals surface area contributed by atoms with Gasteiger partial charge < -0.3 is 10.2 Å². The Hall–Kier alpha value is -1.50. The van der Waals surface area contributed by atoms with Crippen molar-refractivity contribution in [2.75, 3.05) is 12.3 Å². The van der Waals surface area contributed by atoms with Crippen LogP contribution in [0.1, 0.15) is 45.1 Å². The number of unbranched alkanes of at least 4 members (excludes halogenated alkanes) is 1. The molecule has 0 aromatic heterocycles. The third-order valence-electron chi connectivity index (χ3n) is 4.86. The number of hydrogen-bond donors (Lipinski definition) is 1. The number of carbonyl (C=O) groups is 2.